The minimum Gasteiger partial charge on any atom is -0.303 e. The summed E-state index contributed by atoms with van der Waals surface area (Å²) in [5.74, 6) is 0. The Bertz CT molecular complexity index is 246. The molecule has 0 bridgehead atoms. The Morgan fingerprint density at radius 2 is 1.86 bits per heavy atom. The SMILES string of the molecule is Cc1ccc(Cl)s1.O=CCCCC=O. The lowest BCUT2D eigenvalue weighted by molar-refractivity contribution is -0.108. The molecule has 0 aliphatic rings. The zero-order valence-corrected chi connectivity index (χ0v) is 9.61. The van der Waals surface area contributed by atoms with Crippen LogP contribution in [0.5, 0.6) is 0 Å². The first kappa shape index (κ1) is 13.3. The Hall–Kier alpha value is -0.670. The van der Waals surface area contributed by atoms with E-state index in [1.54, 1.807) is 11.3 Å². The van der Waals surface area contributed by atoms with Gasteiger partial charge in [-0.25, -0.2) is 0 Å². The second-order valence-corrected chi connectivity index (χ2v) is 4.53. The van der Waals surface area contributed by atoms with Gasteiger partial charge in [-0.1, -0.05) is 11.6 Å². The van der Waals surface area contributed by atoms with E-state index in [1.165, 1.54) is 4.88 Å². The Morgan fingerprint density at radius 3 is 2.07 bits per heavy atom. The van der Waals surface area contributed by atoms with Gasteiger partial charge >= 0.3 is 0 Å². The van der Waals surface area contributed by atoms with Gasteiger partial charge in [0.1, 0.15) is 12.6 Å². The first-order valence-electron chi connectivity index (χ1n) is 4.30. The summed E-state index contributed by atoms with van der Waals surface area (Å²) < 4.78 is 0.873. The van der Waals surface area contributed by atoms with Crippen molar-refractivity contribution >= 4 is 35.5 Å². The van der Waals surface area contributed by atoms with Crippen LogP contribution in [-0.2, 0) is 9.59 Å². The molecule has 0 N–H and O–H groups in total. The fourth-order valence-electron chi connectivity index (χ4n) is 0.689. The number of hydrogen-bond acceptors (Lipinski definition) is 3. The normalized spacial score (nSPS) is 8.71. The number of thiophene rings is 1. The van der Waals surface area contributed by atoms with Crippen LogP contribution in [0.2, 0.25) is 4.34 Å². The van der Waals surface area contributed by atoms with Crippen LogP contribution in [0.4, 0.5) is 0 Å². The quantitative estimate of drug-likeness (QED) is 0.590. The number of carbonyl (C=O) groups excluding carboxylic acids is 2. The van der Waals surface area contributed by atoms with Crippen molar-refractivity contribution in [3.63, 3.8) is 0 Å². The third-order valence-corrected chi connectivity index (χ3v) is 2.50. The first-order valence-corrected chi connectivity index (χ1v) is 5.49. The van der Waals surface area contributed by atoms with Gasteiger partial charge in [0.25, 0.3) is 0 Å². The highest BCUT2D eigenvalue weighted by molar-refractivity contribution is 7.16. The van der Waals surface area contributed by atoms with Crippen molar-refractivity contribution in [2.75, 3.05) is 0 Å². The molecule has 0 radical (unpaired) electrons. The maximum Gasteiger partial charge on any atom is 0.120 e. The molecule has 1 heterocycles. The predicted molar refractivity (Wildman–Crippen MR) is 60.0 cm³/mol. The number of unbranched alkanes of at least 4 members (excludes halogenated alkanes) is 2. The van der Waals surface area contributed by atoms with Crippen LogP contribution in [0.25, 0.3) is 0 Å². The van der Waals surface area contributed by atoms with Crippen LogP contribution >= 0.6 is 22.9 Å². The van der Waals surface area contributed by atoms with Crippen LogP contribution in [0.1, 0.15) is 24.1 Å². The Balaban J connectivity index is 0.000000241. The summed E-state index contributed by atoms with van der Waals surface area (Å²) in [6, 6.07) is 3.91. The fourth-order valence-corrected chi connectivity index (χ4v) is 1.70. The maximum atomic E-state index is 9.56. The summed E-state index contributed by atoms with van der Waals surface area (Å²) in [6.45, 7) is 2.04. The second-order valence-electron chi connectivity index (χ2n) is 2.61. The molecule has 1 aromatic rings. The van der Waals surface area contributed by atoms with Crippen LogP contribution < -0.4 is 0 Å². The van der Waals surface area contributed by atoms with Gasteiger partial charge in [0.15, 0.2) is 0 Å². The molecule has 0 fully saturated rings. The zero-order valence-electron chi connectivity index (χ0n) is 8.03. The molecular formula is C10H13ClO2S. The van der Waals surface area contributed by atoms with Gasteiger partial charge in [0.05, 0.1) is 4.34 Å². The molecule has 1 rings (SSSR count). The molecule has 0 aliphatic carbocycles. The molecule has 0 atom stereocenters. The smallest absolute Gasteiger partial charge is 0.120 e. The van der Waals surface area contributed by atoms with E-state index < -0.39 is 0 Å². The maximum absolute atomic E-state index is 9.56. The molecule has 0 aromatic carbocycles. The van der Waals surface area contributed by atoms with Crippen molar-refractivity contribution in [3.05, 3.63) is 21.3 Å². The number of aldehydes is 2. The van der Waals surface area contributed by atoms with E-state index in [0.717, 1.165) is 16.9 Å². The van der Waals surface area contributed by atoms with Gasteiger partial charge in [-0.05, 0) is 25.5 Å². The van der Waals surface area contributed by atoms with Crippen molar-refractivity contribution in [3.8, 4) is 0 Å². The zero-order chi connectivity index (χ0) is 10.8. The van der Waals surface area contributed by atoms with Crippen molar-refractivity contribution in [2.45, 2.75) is 26.2 Å². The number of hydrogen-bond donors (Lipinski definition) is 0. The molecule has 0 saturated carbocycles. The average molecular weight is 233 g/mol. The number of aryl methyl sites for hydroxylation is 1. The van der Waals surface area contributed by atoms with Crippen LogP contribution in [0, 0.1) is 6.92 Å². The third-order valence-electron chi connectivity index (χ3n) is 1.35. The molecule has 4 heteroatoms. The summed E-state index contributed by atoms with van der Waals surface area (Å²) >= 11 is 7.19. The largest absolute Gasteiger partial charge is 0.303 e. The fraction of sp³-hybridized carbons (Fsp3) is 0.400. The Morgan fingerprint density at radius 1 is 1.29 bits per heavy atom. The van der Waals surface area contributed by atoms with E-state index in [0.29, 0.717) is 19.3 Å². The molecule has 2 nitrogen and oxygen atoms in total. The van der Waals surface area contributed by atoms with Crippen LogP contribution in [0.3, 0.4) is 0 Å². The van der Waals surface area contributed by atoms with Crippen molar-refractivity contribution in [1.82, 2.24) is 0 Å². The highest BCUT2D eigenvalue weighted by Gasteiger charge is 1.86. The Kier molecular flexibility index (Phi) is 8.48. The second kappa shape index (κ2) is 8.91. The van der Waals surface area contributed by atoms with E-state index in [-0.39, 0.29) is 0 Å². The average Bonchev–Trinajstić information content (AvgIpc) is 2.52. The lowest BCUT2D eigenvalue weighted by Crippen LogP contribution is -1.76. The molecule has 0 unspecified atom stereocenters. The Labute approximate surface area is 92.9 Å². The van der Waals surface area contributed by atoms with Crippen molar-refractivity contribution in [1.29, 1.82) is 0 Å². The standard InChI is InChI=1S/C5H5ClS.C5H8O2/c1-4-2-3-5(6)7-4;6-4-2-1-3-5-7/h2-3H,1H3;4-5H,1-3H2. The summed E-state index contributed by atoms with van der Waals surface area (Å²) in [6.07, 6.45) is 3.37. The van der Waals surface area contributed by atoms with Crippen molar-refractivity contribution in [2.24, 2.45) is 0 Å². The highest BCUT2D eigenvalue weighted by atomic mass is 35.5. The van der Waals surface area contributed by atoms with Gasteiger partial charge in [0, 0.05) is 17.7 Å². The summed E-state index contributed by atoms with van der Waals surface area (Å²) in [7, 11) is 0. The topological polar surface area (TPSA) is 34.1 Å². The number of carbonyl (C=O) groups is 2. The minimum atomic E-state index is 0.513. The molecule has 78 valence electrons. The molecule has 0 amide bonds. The molecule has 0 aliphatic heterocycles. The lowest BCUT2D eigenvalue weighted by atomic mass is 10.3. The first-order chi connectivity index (χ1) is 6.70. The van der Waals surface area contributed by atoms with Gasteiger partial charge < -0.3 is 9.59 Å². The lowest BCUT2D eigenvalue weighted by Gasteiger charge is -1.78. The van der Waals surface area contributed by atoms with E-state index in [1.807, 2.05) is 19.1 Å². The molecule has 14 heavy (non-hydrogen) atoms. The summed E-state index contributed by atoms with van der Waals surface area (Å²) in [5, 5.41) is 0. The van der Waals surface area contributed by atoms with E-state index in [2.05, 4.69) is 0 Å². The molecular weight excluding hydrogens is 220 g/mol. The molecule has 0 saturated heterocycles. The van der Waals surface area contributed by atoms with Crippen LogP contribution in [-0.4, -0.2) is 12.6 Å². The van der Waals surface area contributed by atoms with E-state index in [4.69, 9.17) is 11.6 Å². The van der Waals surface area contributed by atoms with E-state index >= 15 is 0 Å². The predicted octanol–water partition coefficient (Wildman–Crippen LogP) is 3.26. The minimum absolute atomic E-state index is 0.513. The van der Waals surface area contributed by atoms with Gasteiger partial charge in [-0.3, -0.25) is 0 Å². The van der Waals surface area contributed by atoms with Crippen molar-refractivity contribution < 1.29 is 9.59 Å². The molecule has 0 spiro atoms. The monoisotopic (exact) mass is 232 g/mol. The van der Waals surface area contributed by atoms with Gasteiger partial charge in [-0.15, -0.1) is 11.3 Å². The summed E-state index contributed by atoms with van der Waals surface area (Å²) in [4.78, 5) is 20.4. The van der Waals surface area contributed by atoms with Gasteiger partial charge in [0.2, 0.25) is 0 Å². The molecule has 1 aromatic heterocycles. The number of rotatable bonds is 4. The van der Waals surface area contributed by atoms with Gasteiger partial charge in [-0.2, -0.15) is 0 Å². The third kappa shape index (κ3) is 7.95. The highest BCUT2D eigenvalue weighted by Crippen LogP contribution is 2.19. The summed E-state index contributed by atoms with van der Waals surface area (Å²) in [5.41, 5.74) is 0. The van der Waals surface area contributed by atoms with E-state index in [9.17, 15) is 9.59 Å². The van der Waals surface area contributed by atoms with Crippen LogP contribution in [0.15, 0.2) is 12.1 Å². The number of halogens is 1.